The molecule has 1 nitrogen and oxygen atoms in total. The minimum absolute atomic E-state index is 0.147. The summed E-state index contributed by atoms with van der Waals surface area (Å²) in [6.45, 7) is 7.62. The molecular weight excluding hydrogens is 148 g/mol. The van der Waals surface area contributed by atoms with Crippen molar-refractivity contribution in [2.24, 2.45) is 5.92 Å². The van der Waals surface area contributed by atoms with E-state index in [0.29, 0.717) is 19.3 Å². The molecule has 0 spiro atoms. The molecule has 0 radical (unpaired) electrons. The van der Waals surface area contributed by atoms with Gasteiger partial charge in [0.1, 0.15) is 0 Å². The number of halogens is 2. The van der Waals surface area contributed by atoms with Gasteiger partial charge in [0.25, 0.3) is 0 Å². The molecule has 3 heteroatoms. The molecule has 1 saturated carbocycles. The molecular formula is C8H11F2N. The van der Waals surface area contributed by atoms with Crippen molar-refractivity contribution >= 4 is 0 Å². The highest BCUT2D eigenvalue weighted by Crippen LogP contribution is 2.38. The van der Waals surface area contributed by atoms with E-state index in [2.05, 4.69) is 4.85 Å². The van der Waals surface area contributed by atoms with Crippen LogP contribution < -0.4 is 0 Å². The third-order valence-electron chi connectivity index (χ3n) is 2.30. The number of alkyl halides is 2. The summed E-state index contributed by atoms with van der Waals surface area (Å²) in [4.78, 5) is 3.27. The lowest BCUT2D eigenvalue weighted by Gasteiger charge is -2.16. The van der Waals surface area contributed by atoms with E-state index in [1.54, 1.807) is 0 Å². The van der Waals surface area contributed by atoms with Crippen molar-refractivity contribution in [1.29, 1.82) is 0 Å². The SMILES string of the molecule is [C-]#[N+]C1CCC(C(C)(F)F)C1. The highest BCUT2D eigenvalue weighted by molar-refractivity contribution is 4.91. The Kier molecular flexibility index (Phi) is 2.12. The van der Waals surface area contributed by atoms with Gasteiger partial charge in [-0.2, -0.15) is 0 Å². The molecule has 1 fully saturated rings. The maximum absolute atomic E-state index is 12.6. The van der Waals surface area contributed by atoms with Gasteiger partial charge in [-0.15, -0.1) is 0 Å². The summed E-state index contributed by atoms with van der Waals surface area (Å²) in [5, 5.41) is 0. The maximum atomic E-state index is 12.6. The predicted molar refractivity (Wildman–Crippen MR) is 38.4 cm³/mol. The summed E-state index contributed by atoms with van der Waals surface area (Å²) in [5.41, 5.74) is 0. The molecule has 2 atom stereocenters. The molecule has 1 rings (SSSR count). The Morgan fingerprint density at radius 3 is 2.36 bits per heavy atom. The molecule has 0 heterocycles. The molecule has 1 aliphatic carbocycles. The van der Waals surface area contributed by atoms with E-state index in [0.717, 1.165) is 6.92 Å². The van der Waals surface area contributed by atoms with Crippen LogP contribution in [0.2, 0.25) is 0 Å². The van der Waals surface area contributed by atoms with Crippen LogP contribution in [0.5, 0.6) is 0 Å². The van der Waals surface area contributed by atoms with Gasteiger partial charge in [-0.05, 0) is 13.3 Å². The number of hydrogen-bond donors (Lipinski definition) is 0. The average Bonchev–Trinajstić information content (AvgIpc) is 2.32. The van der Waals surface area contributed by atoms with Gasteiger partial charge in [0.2, 0.25) is 12.0 Å². The Bertz CT molecular complexity index is 178. The van der Waals surface area contributed by atoms with Crippen molar-refractivity contribution in [2.45, 2.75) is 38.2 Å². The van der Waals surface area contributed by atoms with Gasteiger partial charge in [0.05, 0.1) is 0 Å². The van der Waals surface area contributed by atoms with Crippen molar-refractivity contribution in [3.05, 3.63) is 11.4 Å². The van der Waals surface area contributed by atoms with E-state index in [-0.39, 0.29) is 6.04 Å². The zero-order chi connectivity index (χ0) is 8.48. The zero-order valence-corrected chi connectivity index (χ0v) is 6.48. The third kappa shape index (κ3) is 1.89. The van der Waals surface area contributed by atoms with Crippen LogP contribution in [0.4, 0.5) is 8.78 Å². The lowest BCUT2D eigenvalue weighted by molar-refractivity contribution is -0.0368. The summed E-state index contributed by atoms with van der Waals surface area (Å²) in [5.74, 6) is -3.14. The first kappa shape index (κ1) is 8.45. The van der Waals surface area contributed by atoms with Crippen LogP contribution in [0.15, 0.2) is 0 Å². The lowest BCUT2D eigenvalue weighted by atomic mass is 10.0. The smallest absolute Gasteiger partial charge is 0.248 e. The monoisotopic (exact) mass is 159 g/mol. The Labute approximate surface area is 65.2 Å². The molecule has 2 unspecified atom stereocenters. The standard InChI is InChI=1S/C8H11F2N/c1-8(9,10)6-3-4-7(5-6)11-2/h6-7H,3-5H2,1H3. The molecule has 0 amide bonds. The fraction of sp³-hybridized carbons (Fsp3) is 0.875. The largest absolute Gasteiger partial charge is 0.314 e. The average molecular weight is 159 g/mol. The molecule has 1 aliphatic rings. The van der Waals surface area contributed by atoms with Gasteiger partial charge in [-0.3, -0.25) is 0 Å². The summed E-state index contributed by atoms with van der Waals surface area (Å²) < 4.78 is 25.3. The fourth-order valence-electron chi connectivity index (χ4n) is 1.54. The maximum Gasteiger partial charge on any atom is 0.248 e. The van der Waals surface area contributed by atoms with Crippen LogP contribution >= 0.6 is 0 Å². The van der Waals surface area contributed by atoms with Crippen LogP contribution in [0.3, 0.4) is 0 Å². The molecule has 0 aliphatic heterocycles. The minimum Gasteiger partial charge on any atom is -0.314 e. The van der Waals surface area contributed by atoms with Crippen LogP contribution in [0.25, 0.3) is 4.85 Å². The summed E-state index contributed by atoms with van der Waals surface area (Å²) >= 11 is 0. The van der Waals surface area contributed by atoms with Crippen LogP contribution in [0, 0.1) is 12.5 Å². The van der Waals surface area contributed by atoms with E-state index < -0.39 is 11.8 Å². The van der Waals surface area contributed by atoms with E-state index in [1.807, 2.05) is 0 Å². The minimum atomic E-state index is -2.58. The zero-order valence-electron chi connectivity index (χ0n) is 6.48. The van der Waals surface area contributed by atoms with Gasteiger partial charge >= 0.3 is 0 Å². The molecule has 0 saturated heterocycles. The van der Waals surface area contributed by atoms with Gasteiger partial charge in [-0.25, -0.2) is 15.4 Å². The Balaban J connectivity index is 2.50. The van der Waals surface area contributed by atoms with Crippen LogP contribution in [0.1, 0.15) is 26.2 Å². The van der Waals surface area contributed by atoms with Crippen LogP contribution in [-0.4, -0.2) is 12.0 Å². The fourth-order valence-corrected chi connectivity index (χ4v) is 1.54. The van der Waals surface area contributed by atoms with E-state index in [4.69, 9.17) is 6.57 Å². The quantitative estimate of drug-likeness (QED) is 0.518. The van der Waals surface area contributed by atoms with Gasteiger partial charge < -0.3 is 4.85 Å². The molecule has 62 valence electrons. The first-order valence-electron chi connectivity index (χ1n) is 3.78. The highest BCUT2D eigenvalue weighted by atomic mass is 19.3. The highest BCUT2D eigenvalue weighted by Gasteiger charge is 2.42. The Morgan fingerprint density at radius 2 is 2.09 bits per heavy atom. The third-order valence-corrected chi connectivity index (χ3v) is 2.30. The van der Waals surface area contributed by atoms with Crippen molar-refractivity contribution in [3.8, 4) is 0 Å². The van der Waals surface area contributed by atoms with Crippen molar-refractivity contribution in [2.75, 3.05) is 0 Å². The van der Waals surface area contributed by atoms with Crippen molar-refractivity contribution in [3.63, 3.8) is 0 Å². The molecule has 0 aromatic rings. The number of hydrogen-bond acceptors (Lipinski definition) is 0. The predicted octanol–water partition coefficient (Wildman–Crippen LogP) is 2.73. The second-order valence-electron chi connectivity index (χ2n) is 3.25. The van der Waals surface area contributed by atoms with Gasteiger partial charge in [-0.1, -0.05) is 0 Å². The molecule has 0 aromatic carbocycles. The van der Waals surface area contributed by atoms with E-state index >= 15 is 0 Å². The van der Waals surface area contributed by atoms with E-state index in [1.165, 1.54) is 0 Å². The number of nitrogens with zero attached hydrogens (tertiary/aromatic N) is 1. The molecule has 11 heavy (non-hydrogen) atoms. The second-order valence-corrected chi connectivity index (χ2v) is 3.25. The van der Waals surface area contributed by atoms with Gasteiger partial charge in [0.15, 0.2) is 0 Å². The first-order chi connectivity index (χ1) is 5.04. The second kappa shape index (κ2) is 2.77. The van der Waals surface area contributed by atoms with E-state index in [9.17, 15) is 8.78 Å². The van der Waals surface area contributed by atoms with Crippen molar-refractivity contribution in [1.82, 2.24) is 0 Å². The topological polar surface area (TPSA) is 4.36 Å². The summed E-state index contributed by atoms with van der Waals surface area (Å²) in [6, 6.07) is -0.147. The summed E-state index contributed by atoms with van der Waals surface area (Å²) in [6.07, 6.45) is 1.54. The van der Waals surface area contributed by atoms with Gasteiger partial charge in [0, 0.05) is 18.8 Å². The van der Waals surface area contributed by atoms with Crippen molar-refractivity contribution < 1.29 is 8.78 Å². The molecule has 0 N–H and O–H groups in total. The Morgan fingerprint density at radius 1 is 1.45 bits per heavy atom. The normalized spacial score (nSPS) is 31.8. The number of rotatable bonds is 1. The summed E-state index contributed by atoms with van der Waals surface area (Å²) in [7, 11) is 0. The molecule has 0 bridgehead atoms. The van der Waals surface area contributed by atoms with Crippen LogP contribution in [-0.2, 0) is 0 Å². The lowest BCUT2D eigenvalue weighted by Crippen LogP contribution is -2.21. The Hall–Kier alpha value is -0.650. The first-order valence-corrected chi connectivity index (χ1v) is 3.78. The molecule has 0 aromatic heterocycles.